The smallest absolute Gasteiger partial charge is 0.305 e. The van der Waals surface area contributed by atoms with Crippen LogP contribution in [0.25, 0.3) is 0 Å². The van der Waals surface area contributed by atoms with E-state index in [-0.39, 0.29) is 29.9 Å². The van der Waals surface area contributed by atoms with Gasteiger partial charge in [-0.3, -0.25) is 9.79 Å². The lowest BCUT2D eigenvalue weighted by molar-refractivity contribution is -0.140. The van der Waals surface area contributed by atoms with Crippen LogP contribution < -0.4 is 15.8 Å². The van der Waals surface area contributed by atoms with Gasteiger partial charge in [-0.1, -0.05) is 18.6 Å². The van der Waals surface area contributed by atoms with Crippen molar-refractivity contribution in [2.45, 2.75) is 25.7 Å². The number of hydrogen-bond donors (Lipinski definition) is 2. The predicted octanol–water partition coefficient (Wildman–Crippen LogP) is 2.77. The second kappa shape index (κ2) is 12.1. The zero-order valence-corrected chi connectivity index (χ0v) is 15.3. The van der Waals surface area contributed by atoms with Crippen molar-refractivity contribution in [3.8, 4) is 5.75 Å². The van der Waals surface area contributed by atoms with Gasteiger partial charge in [-0.05, 0) is 25.0 Å². The molecule has 0 radical (unpaired) electrons. The SMILES string of the molecule is COC(=O)CCCCCN=C(N)Nc1ccccc1OC.I. The number of anilines is 1. The van der Waals surface area contributed by atoms with E-state index in [2.05, 4.69) is 15.0 Å². The maximum Gasteiger partial charge on any atom is 0.305 e. The highest BCUT2D eigenvalue weighted by atomic mass is 127. The molecule has 0 aliphatic carbocycles. The molecule has 0 saturated heterocycles. The Labute approximate surface area is 148 Å². The zero-order chi connectivity index (χ0) is 15.5. The minimum Gasteiger partial charge on any atom is -0.495 e. The van der Waals surface area contributed by atoms with Gasteiger partial charge in [0, 0.05) is 13.0 Å². The molecule has 0 spiro atoms. The van der Waals surface area contributed by atoms with Crippen LogP contribution >= 0.6 is 24.0 Å². The number of hydrogen-bond acceptors (Lipinski definition) is 4. The highest BCUT2D eigenvalue weighted by Gasteiger charge is 2.02. The normalized spacial score (nSPS) is 10.5. The lowest BCUT2D eigenvalue weighted by Crippen LogP contribution is -2.23. The average Bonchev–Trinajstić information content (AvgIpc) is 2.50. The van der Waals surface area contributed by atoms with Crippen molar-refractivity contribution in [3.05, 3.63) is 24.3 Å². The van der Waals surface area contributed by atoms with Gasteiger partial charge in [0.2, 0.25) is 0 Å². The number of carbonyl (C=O) groups is 1. The fourth-order valence-corrected chi connectivity index (χ4v) is 1.78. The van der Waals surface area contributed by atoms with Crippen molar-refractivity contribution in [2.24, 2.45) is 10.7 Å². The fourth-order valence-electron chi connectivity index (χ4n) is 1.78. The molecule has 0 bridgehead atoms. The van der Waals surface area contributed by atoms with Gasteiger partial charge in [-0.2, -0.15) is 0 Å². The third-order valence-corrected chi connectivity index (χ3v) is 2.92. The third kappa shape index (κ3) is 8.06. The first-order valence-electron chi connectivity index (χ1n) is 6.94. The van der Waals surface area contributed by atoms with Gasteiger partial charge in [0.1, 0.15) is 5.75 Å². The molecule has 22 heavy (non-hydrogen) atoms. The first kappa shape index (κ1) is 20.5. The Morgan fingerprint density at radius 3 is 2.64 bits per heavy atom. The summed E-state index contributed by atoms with van der Waals surface area (Å²) < 4.78 is 9.79. The molecule has 6 nitrogen and oxygen atoms in total. The number of nitrogens with two attached hydrogens (primary N) is 1. The molecule has 0 saturated carbocycles. The van der Waals surface area contributed by atoms with Gasteiger partial charge < -0.3 is 20.5 Å². The standard InChI is InChI=1S/C15H23N3O3.HI/c1-20-13-9-6-5-8-12(13)18-15(16)17-11-7-3-4-10-14(19)21-2;/h5-6,8-9H,3-4,7,10-11H2,1-2H3,(H3,16,17,18);1H. The molecule has 3 N–H and O–H groups in total. The first-order valence-corrected chi connectivity index (χ1v) is 6.94. The highest BCUT2D eigenvalue weighted by molar-refractivity contribution is 14.0. The second-order valence-corrected chi connectivity index (χ2v) is 4.48. The maximum atomic E-state index is 10.9. The van der Waals surface area contributed by atoms with E-state index in [1.165, 1.54) is 7.11 Å². The summed E-state index contributed by atoms with van der Waals surface area (Å²) in [6.07, 6.45) is 3.06. The van der Waals surface area contributed by atoms with Crippen molar-refractivity contribution in [2.75, 3.05) is 26.1 Å². The predicted molar refractivity (Wildman–Crippen MR) is 99.0 cm³/mol. The van der Waals surface area contributed by atoms with Gasteiger partial charge in [0.25, 0.3) is 0 Å². The average molecular weight is 421 g/mol. The number of aliphatic imine (C=N–C) groups is 1. The Bertz CT molecular complexity index is 481. The Morgan fingerprint density at radius 1 is 1.23 bits per heavy atom. The summed E-state index contributed by atoms with van der Waals surface area (Å²) in [7, 11) is 3.01. The summed E-state index contributed by atoms with van der Waals surface area (Å²) in [6, 6.07) is 7.50. The number of para-hydroxylation sites is 2. The number of benzene rings is 1. The Balaban J connectivity index is 0.00000441. The third-order valence-electron chi connectivity index (χ3n) is 2.92. The number of ether oxygens (including phenoxy) is 2. The molecule has 0 heterocycles. The Morgan fingerprint density at radius 2 is 1.95 bits per heavy atom. The van der Waals surface area contributed by atoms with E-state index in [0.29, 0.717) is 24.7 Å². The minimum atomic E-state index is -0.171. The van der Waals surface area contributed by atoms with Crippen LogP contribution in [0.3, 0.4) is 0 Å². The molecule has 0 aromatic heterocycles. The summed E-state index contributed by atoms with van der Waals surface area (Å²) in [4.78, 5) is 15.2. The molecule has 0 aliphatic rings. The molecule has 0 amide bonds. The van der Waals surface area contributed by atoms with Crippen LogP contribution in [0.15, 0.2) is 29.3 Å². The lowest BCUT2D eigenvalue weighted by atomic mass is 10.2. The fraction of sp³-hybridized carbons (Fsp3) is 0.467. The van der Waals surface area contributed by atoms with E-state index in [4.69, 9.17) is 10.5 Å². The van der Waals surface area contributed by atoms with Crippen LogP contribution in [0.5, 0.6) is 5.75 Å². The quantitative estimate of drug-likeness (QED) is 0.222. The molecule has 1 rings (SSSR count). The number of nitrogens with zero attached hydrogens (tertiary/aromatic N) is 1. The molecular weight excluding hydrogens is 397 g/mol. The van der Waals surface area contributed by atoms with Crippen molar-refractivity contribution >= 4 is 41.6 Å². The molecule has 0 aliphatic heterocycles. The van der Waals surface area contributed by atoms with Gasteiger partial charge in [-0.25, -0.2) is 0 Å². The van der Waals surface area contributed by atoms with E-state index in [1.807, 2.05) is 24.3 Å². The number of nitrogens with one attached hydrogen (secondary N) is 1. The summed E-state index contributed by atoms with van der Waals surface area (Å²) in [5.74, 6) is 0.900. The van der Waals surface area contributed by atoms with Crippen molar-refractivity contribution < 1.29 is 14.3 Å². The van der Waals surface area contributed by atoms with Crippen LogP contribution in [0.4, 0.5) is 5.69 Å². The van der Waals surface area contributed by atoms with E-state index in [1.54, 1.807) is 7.11 Å². The number of methoxy groups -OCH3 is 2. The van der Waals surface area contributed by atoms with E-state index in [9.17, 15) is 4.79 Å². The number of esters is 1. The van der Waals surface area contributed by atoms with Gasteiger partial charge >= 0.3 is 5.97 Å². The van der Waals surface area contributed by atoms with Crippen LogP contribution in [-0.2, 0) is 9.53 Å². The monoisotopic (exact) mass is 421 g/mol. The maximum absolute atomic E-state index is 10.9. The molecule has 0 atom stereocenters. The number of unbranched alkanes of at least 4 members (excludes halogenated alkanes) is 2. The van der Waals surface area contributed by atoms with Gasteiger partial charge in [0.15, 0.2) is 5.96 Å². The molecule has 1 aromatic carbocycles. The number of carbonyl (C=O) groups excluding carboxylic acids is 1. The molecule has 124 valence electrons. The van der Waals surface area contributed by atoms with Crippen LogP contribution in [0, 0.1) is 0 Å². The Kier molecular flexibility index (Phi) is 11.2. The van der Waals surface area contributed by atoms with Crippen LogP contribution in [0.2, 0.25) is 0 Å². The van der Waals surface area contributed by atoms with E-state index >= 15 is 0 Å². The molecule has 0 fully saturated rings. The van der Waals surface area contributed by atoms with Crippen LogP contribution in [-0.4, -0.2) is 32.7 Å². The largest absolute Gasteiger partial charge is 0.495 e. The minimum absolute atomic E-state index is 0. The molecule has 0 unspecified atom stereocenters. The topological polar surface area (TPSA) is 85.9 Å². The summed E-state index contributed by atoms with van der Waals surface area (Å²) in [6.45, 7) is 0.620. The first-order chi connectivity index (χ1) is 10.2. The van der Waals surface area contributed by atoms with Gasteiger partial charge in [0.05, 0.1) is 19.9 Å². The van der Waals surface area contributed by atoms with Crippen molar-refractivity contribution in [1.29, 1.82) is 0 Å². The van der Waals surface area contributed by atoms with Crippen molar-refractivity contribution in [1.82, 2.24) is 0 Å². The van der Waals surface area contributed by atoms with Crippen LogP contribution in [0.1, 0.15) is 25.7 Å². The van der Waals surface area contributed by atoms with Gasteiger partial charge in [-0.15, -0.1) is 24.0 Å². The summed E-state index contributed by atoms with van der Waals surface area (Å²) in [5, 5.41) is 3.01. The van der Waals surface area contributed by atoms with E-state index < -0.39 is 0 Å². The summed E-state index contributed by atoms with van der Waals surface area (Å²) in [5.41, 5.74) is 6.61. The van der Waals surface area contributed by atoms with Crippen molar-refractivity contribution in [3.63, 3.8) is 0 Å². The zero-order valence-electron chi connectivity index (χ0n) is 13.0. The summed E-state index contributed by atoms with van der Waals surface area (Å²) >= 11 is 0. The Hall–Kier alpha value is -1.51. The molecule has 1 aromatic rings. The lowest BCUT2D eigenvalue weighted by Gasteiger charge is -2.10. The molecular formula is C15H24IN3O3. The number of rotatable bonds is 8. The second-order valence-electron chi connectivity index (χ2n) is 4.48. The number of guanidine groups is 1. The number of halogens is 1. The highest BCUT2D eigenvalue weighted by Crippen LogP contribution is 2.22. The van der Waals surface area contributed by atoms with E-state index in [0.717, 1.165) is 24.9 Å². The molecule has 7 heteroatoms.